The summed E-state index contributed by atoms with van der Waals surface area (Å²) in [6, 6.07) is 0.240. The molecule has 1 aliphatic rings. The van der Waals surface area contributed by atoms with Crippen molar-refractivity contribution in [3.63, 3.8) is 0 Å². The van der Waals surface area contributed by atoms with Gasteiger partial charge < -0.3 is 9.64 Å². The quantitative estimate of drug-likeness (QED) is 0.850. The lowest BCUT2D eigenvalue weighted by molar-refractivity contribution is 0.118. The Morgan fingerprint density at radius 3 is 2.90 bits per heavy atom. The van der Waals surface area contributed by atoms with Crippen LogP contribution in [0, 0.1) is 0 Å². The maximum Gasteiger partial charge on any atom is 0.241 e. The Hall–Kier alpha value is -1.73. The Kier molecular flexibility index (Phi) is 3.54. The van der Waals surface area contributed by atoms with Gasteiger partial charge in [0.05, 0.1) is 12.1 Å². The van der Waals surface area contributed by atoms with Gasteiger partial charge >= 0.3 is 0 Å². The lowest BCUT2D eigenvalue weighted by Gasteiger charge is -2.26. The molecule has 0 bridgehead atoms. The highest BCUT2D eigenvalue weighted by molar-refractivity contribution is 6.28. The Morgan fingerprint density at radius 1 is 1.40 bits per heavy atom. The van der Waals surface area contributed by atoms with Crippen molar-refractivity contribution in [1.29, 1.82) is 0 Å². The van der Waals surface area contributed by atoms with E-state index < -0.39 is 0 Å². The highest BCUT2D eigenvalue weighted by atomic mass is 35.5. The molecule has 0 aliphatic carbocycles. The molecular weight excluding hydrogens is 280 g/mol. The van der Waals surface area contributed by atoms with Crippen molar-refractivity contribution in [2.45, 2.75) is 25.5 Å². The molecule has 0 saturated carbocycles. The van der Waals surface area contributed by atoms with Crippen LogP contribution < -0.4 is 4.90 Å². The van der Waals surface area contributed by atoms with Gasteiger partial charge in [-0.3, -0.25) is 4.57 Å². The van der Waals surface area contributed by atoms with E-state index in [9.17, 15) is 0 Å². The normalized spacial score (nSPS) is 22.1. The van der Waals surface area contributed by atoms with E-state index in [4.69, 9.17) is 16.3 Å². The average Bonchev–Trinajstić information content (AvgIpc) is 3.08. The molecule has 8 heteroatoms. The molecule has 0 aromatic carbocycles. The van der Waals surface area contributed by atoms with Crippen LogP contribution in [-0.2, 0) is 4.74 Å². The third kappa shape index (κ3) is 2.46. The summed E-state index contributed by atoms with van der Waals surface area (Å²) in [5.41, 5.74) is 0. The second-order valence-corrected chi connectivity index (χ2v) is 5.06. The highest BCUT2D eigenvalue weighted by Crippen LogP contribution is 2.22. The molecule has 0 N–H and O–H groups in total. The van der Waals surface area contributed by atoms with E-state index in [2.05, 4.69) is 19.9 Å². The van der Waals surface area contributed by atoms with E-state index >= 15 is 0 Å². The van der Waals surface area contributed by atoms with Gasteiger partial charge in [-0.2, -0.15) is 15.0 Å². The number of halogens is 1. The molecule has 1 saturated heterocycles. The minimum absolute atomic E-state index is 0.146. The first-order valence-corrected chi connectivity index (χ1v) is 6.77. The first-order chi connectivity index (χ1) is 9.65. The number of rotatable bonds is 3. The molecule has 2 unspecified atom stereocenters. The van der Waals surface area contributed by atoms with Crippen molar-refractivity contribution in [3.8, 4) is 5.95 Å². The minimum atomic E-state index is 0.146. The van der Waals surface area contributed by atoms with Crippen LogP contribution in [0.1, 0.15) is 13.3 Å². The lowest BCUT2D eigenvalue weighted by atomic mass is 10.1. The smallest absolute Gasteiger partial charge is 0.241 e. The third-order valence-electron chi connectivity index (χ3n) is 3.47. The Balaban J connectivity index is 1.93. The first kappa shape index (κ1) is 13.3. The number of aromatic nitrogens is 5. The number of hydrogen-bond acceptors (Lipinski definition) is 6. The number of nitrogens with zero attached hydrogens (tertiary/aromatic N) is 6. The van der Waals surface area contributed by atoms with Crippen molar-refractivity contribution in [2.75, 3.05) is 18.6 Å². The lowest BCUT2D eigenvalue weighted by Crippen LogP contribution is -2.38. The molecule has 3 rings (SSSR count). The Bertz CT molecular complexity index is 590. The molecule has 1 aliphatic heterocycles. The molecule has 0 amide bonds. The SMILES string of the molecule is CC1OCCC1N(C)c1nc(Cl)nc(-n2ccnc2)n1. The zero-order chi connectivity index (χ0) is 14.1. The van der Waals surface area contributed by atoms with Crippen molar-refractivity contribution in [2.24, 2.45) is 0 Å². The van der Waals surface area contributed by atoms with Crippen LogP contribution in [0.2, 0.25) is 5.28 Å². The summed E-state index contributed by atoms with van der Waals surface area (Å²) in [5.74, 6) is 0.993. The van der Waals surface area contributed by atoms with Crippen LogP contribution >= 0.6 is 11.6 Å². The maximum absolute atomic E-state index is 6.00. The summed E-state index contributed by atoms with van der Waals surface area (Å²) >= 11 is 6.00. The van der Waals surface area contributed by atoms with Crippen LogP contribution in [-0.4, -0.2) is 50.3 Å². The molecule has 0 radical (unpaired) electrons. The fourth-order valence-electron chi connectivity index (χ4n) is 2.36. The number of imidazole rings is 1. The molecule has 1 fully saturated rings. The van der Waals surface area contributed by atoms with Crippen LogP contribution in [0.3, 0.4) is 0 Å². The molecule has 20 heavy (non-hydrogen) atoms. The van der Waals surface area contributed by atoms with E-state index in [1.165, 1.54) is 0 Å². The molecule has 2 aromatic rings. The molecule has 2 atom stereocenters. The van der Waals surface area contributed by atoms with Crippen LogP contribution in [0.4, 0.5) is 5.95 Å². The zero-order valence-electron chi connectivity index (χ0n) is 11.3. The van der Waals surface area contributed by atoms with Gasteiger partial charge in [0.2, 0.25) is 17.2 Å². The molecule has 106 valence electrons. The monoisotopic (exact) mass is 294 g/mol. The van der Waals surface area contributed by atoms with Crippen molar-refractivity contribution >= 4 is 17.5 Å². The second kappa shape index (κ2) is 5.34. The van der Waals surface area contributed by atoms with Gasteiger partial charge in [-0.1, -0.05) is 0 Å². The number of hydrogen-bond donors (Lipinski definition) is 0. The van der Waals surface area contributed by atoms with Crippen LogP contribution in [0.15, 0.2) is 18.7 Å². The van der Waals surface area contributed by atoms with E-state index in [0.29, 0.717) is 11.9 Å². The third-order valence-corrected chi connectivity index (χ3v) is 3.64. The van der Waals surface area contributed by atoms with Gasteiger partial charge in [0, 0.05) is 26.0 Å². The van der Waals surface area contributed by atoms with Gasteiger partial charge in [-0.05, 0) is 24.9 Å². The van der Waals surface area contributed by atoms with Gasteiger partial charge in [0.1, 0.15) is 6.33 Å². The largest absolute Gasteiger partial charge is 0.376 e. The minimum Gasteiger partial charge on any atom is -0.376 e. The molecular formula is C12H15ClN6O. The predicted molar refractivity (Wildman–Crippen MR) is 74.2 cm³/mol. The Labute approximate surface area is 121 Å². The average molecular weight is 295 g/mol. The number of anilines is 1. The van der Waals surface area contributed by atoms with Gasteiger partial charge in [0.15, 0.2) is 0 Å². The van der Waals surface area contributed by atoms with E-state index in [1.54, 1.807) is 23.3 Å². The molecule has 0 spiro atoms. The topological polar surface area (TPSA) is 69.0 Å². The van der Waals surface area contributed by atoms with E-state index in [0.717, 1.165) is 13.0 Å². The zero-order valence-corrected chi connectivity index (χ0v) is 12.0. The fourth-order valence-corrected chi connectivity index (χ4v) is 2.51. The van der Waals surface area contributed by atoms with E-state index in [-0.39, 0.29) is 17.4 Å². The maximum atomic E-state index is 6.00. The summed E-state index contributed by atoms with van der Waals surface area (Å²) in [6.45, 7) is 2.80. The number of ether oxygens (including phenoxy) is 1. The van der Waals surface area contributed by atoms with Gasteiger partial charge in [-0.25, -0.2) is 4.98 Å². The fraction of sp³-hybridized carbons (Fsp3) is 0.500. The molecule has 7 nitrogen and oxygen atoms in total. The van der Waals surface area contributed by atoms with E-state index in [1.807, 2.05) is 18.9 Å². The second-order valence-electron chi connectivity index (χ2n) is 4.72. The highest BCUT2D eigenvalue weighted by Gasteiger charge is 2.29. The van der Waals surface area contributed by atoms with Crippen molar-refractivity contribution < 1.29 is 4.74 Å². The standard InChI is InChI=1S/C12H15ClN6O/c1-8-9(3-6-20-8)18(2)11-15-10(13)16-12(17-11)19-5-4-14-7-19/h4-5,7-9H,3,6H2,1-2H3. The summed E-state index contributed by atoms with van der Waals surface area (Å²) < 4.78 is 7.27. The van der Waals surface area contributed by atoms with Crippen molar-refractivity contribution in [1.82, 2.24) is 24.5 Å². The van der Waals surface area contributed by atoms with Crippen LogP contribution in [0.25, 0.3) is 5.95 Å². The van der Waals surface area contributed by atoms with Gasteiger partial charge in [0.25, 0.3) is 0 Å². The summed E-state index contributed by atoms with van der Waals surface area (Å²) in [7, 11) is 1.94. The van der Waals surface area contributed by atoms with Crippen LogP contribution in [0.5, 0.6) is 0 Å². The summed E-state index contributed by atoms with van der Waals surface area (Å²) in [4.78, 5) is 18.7. The Morgan fingerprint density at radius 2 is 2.25 bits per heavy atom. The number of likely N-dealkylation sites (N-methyl/N-ethyl adjacent to an activating group) is 1. The molecule has 2 aromatic heterocycles. The summed E-state index contributed by atoms with van der Waals surface area (Å²) in [6.07, 6.45) is 6.13. The predicted octanol–water partition coefficient (Wildman–Crippen LogP) is 1.32. The first-order valence-electron chi connectivity index (χ1n) is 6.39. The van der Waals surface area contributed by atoms with Crippen molar-refractivity contribution in [3.05, 3.63) is 24.0 Å². The molecule has 3 heterocycles. The summed E-state index contributed by atoms with van der Waals surface area (Å²) in [5, 5.41) is 0.164. The van der Waals surface area contributed by atoms with Gasteiger partial charge in [-0.15, -0.1) is 0 Å².